The molecule has 0 fully saturated rings. The van der Waals surface area contributed by atoms with E-state index in [1.807, 2.05) is 19.1 Å². The molecule has 8 heteroatoms. The lowest BCUT2D eigenvalue weighted by Crippen LogP contribution is -2.41. The van der Waals surface area contributed by atoms with Gasteiger partial charge in [0.2, 0.25) is 17.8 Å². The molecule has 122 valence electrons. The maximum absolute atomic E-state index is 11.1. The van der Waals surface area contributed by atoms with Crippen molar-refractivity contribution in [3.05, 3.63) is 40.6 Å². The van der Waals surface area contributed by atoms with Crippen LogP contribution in [0.4, 0.5) is 11.9 Å². The predicted octanol–water partition coefficient (Wildman–Crippen LogP) is 2.29. The Hall–Kier alpha value is -2.06. The molecule has 0 aliphatic rings. The second kappa shape index (κ2) is 7.98. The largest absolute Gasteiger partial charge is 0.295 e. The maximum Gasteiger partial charge on any atom is 0.244 e. The summed E-state index contributed by atoms with van der Waals surface area (Å²) < 4.78 is 1.06. The highest BCUT2D eigenvalue weighted by atomic mass is 79.9. The number of hydrogen-bond acceptors (Lipinski definition) is 6. The highest BCUT2D eigenvalue weighted by Gasteiger charge is 2.15. The molecule has 23 heavy (non-hydrogen) atoms. The number of hydrogen-bond donors (Lipinski definition) is 2. The van der Waals surface area contributed by atoms with Gasteiger partial charge in [-0.25, -0.2) is 10.8 Å². The Balaban J connectivity index is 1.98. The summed E-state index contributed by atoms with van der Waals surface area (Å²) in [5.41, 5.74) is 1.23. The molecule has 2 rings (SSSR count). The minimum Gasteiger partial charge on any atom is -0.295 e. The van der Waals surface area contributed by atoms with Crippen molar-refractivity contribution in [2.24, 2.45) is 5.84 Å². The van der Waals surface area contributed by atoms with Gasteiger partial charge >= 0.3 is 0 Å². The average molecular weight is 379 g/mol. The Morgan fingerprint density at radius 3 is 2.91 bits per heavy atom. The SMILES string of the molecule is CC(=O)Nc1ncnc(N(N)C(C)CCc2cccc(Br)c2)n1. The fourth-order valence-electron chi connectivity index (χ4n) is 2.03. The lowest BCUT2D eigenvalue weighted by Gasteiger charge is -2.24. The highest BCUT2D eigenvalue weighted by molar-refractivity contribution is 9.10. The van der Waals surface area contributed by atoms with Crippen LogP contribution in [0.25, 0.3) is 0 Å². The van der Waals surface area contributed by atoms with Gasteiger partial charge in [-0.1, -0.05) is 28.1 Å². The second-order valence-electron chi connectivity index (χ2n) is 5.22. The molecule has 3 N–H and O–H groups in total. The van der Waals surface area contributed by atoms with E-state index in [4.69, 9.17) is 5.84 Å². The summed E-state index contributed by atoms with van der Waals surface area (Å²) in [6, 6.07) is 8.20. The van der Waals surface area contributed by atoms with Crippen LogP contribution in [0, 0.1) is 0 Å². The first-order chi connectivity index (χ1) is 11.0. The van der Waals surface area contributed by atoms with Crippen LogP contribution in [0.15, 0.2) is 35.1 Å². The highest BCUT2D eigenvalue weighted by Crippen LogP contribution is 2.16. The summed E-state index contributed by atoms with van der Waals surface area (Å²) in [7, 11) is 0. The van der Waals surface area contributed by atoms with Gasteiger partial charge in [0.1, 0.15) is 6.33 Å². The molecule has 0 saturated heterocycles. The van der Waals surface area contributed by atoms with Gasteiger partial charge in [0.15, 0.2) is 0 Å². The topological polar surface area (TPSA) is 97.0 Å². The number of hydrazine groups is 1. The fraction of sp³-hybridized carbons (Fsp3) is 0.333. The average Bonchev–Trinajstić information content (AvgIpc) is 2.51. The number of nitrogens with zero attached hydrogens (tertiary/aromatic N) is 4. The number of nitrogens with two attached hydrogens (primary N) is 1. The minimum absolute atomic E-state index is 0.0292. The van der Waals surface area contributed by atoms with Gasteiger partial charge in [-0.05, 0) is 37.5 Å². The molecule has 7 nitrogen and oxygen atoms in total. The van der Waals surface area contributed by atoms with E-state index in [-0.39, 0.29) is 17.9 Å². The van der Waals surface area contributed by atoms with E-state index in [0.29, 0.717) is 5.95 Å². The second-order valence-corrected chi connectivity index (χ2v) is 6.13. The summed E-state index contributed by atoms with van der Waals surface area (Å²) >= 11 is 3.47. The molecule has 0 radical (unpaired) electrons. The summed E-state index contributed by atoms with van der Waals surface area (Å²) in [5, 5.41) is 4.01. The number of aryl methyl sites for hydroxylation is 1. The van der Waals surface area contributed by atoms with Crippen LogP contribution in [0.1, 0.15) is 25.8 Å². The molecule has 1 unspecified atom stereocenters. The van der Waals surface area contributed by atoms with Crippen LogP contribution in [0.3, 0.4) is 0 Å². The zero-order valence-corrected chi connectivity index (χ0v) is 14.6. The van der Waals surface area contributed by atoms with E-state index < -0.39 is 0 Å². The lowest BCUT2D eigenvalue weighted by molar-refractivity contribution is -0.114. The third-order valence-corrected chi connectivity index (χ3v) is 3.79. The summed E-state index contributed by atoms with van der Waals surface area (Å²) in [5.74, 6) is 6.36. The van der Waals surface area contributed by atoms with Gasteiger partial charge in [-0.3, -0.25) is 15.1 Å². The number of halogens is 1. The Labute approximate surface area is 143 Å². The maximum atomic E-state index is 11.1. The first kappa shape index (κ1) is 17.3. The molecule has 1 aromatic heterocycles. The molecule has 0 aliphatic heterocycles. The van der Waals surface area contributed by atoms with E-state index >= 15 is 0 Å². The van der Waals surface area contributed by atoms with Crippen molar-refractivity contribution in [2.75, 3.05) is 10.3 Å². The fourth-order valence-corrected chi connectivity index (χ4v) is 2.48. The summed E-state index contributed by atoms with van der Waals surface area (Å²) in [6.07, 6.45) is 3.06. The number of aromatic nitrogens is 3. The Bertz CT molecular complexity index is 681. The molecule has 0 bridgehead atoms. The van der Waals surface area contributed by atoms with E-state index in [9.17, 15) is 4.79 Å². The van der Waals surface area contributed by atoms with Gasteiger partial charge in [0, 0.05) is 17.4 Å². The molecular weight excluding hydrogens is 360 g/mol. The summed E-state index contributed by atoms with van der Waals surface area (Å²) in [6.45, 7) is 3.39. The Morgan fingerprint density at radius 1 is 1.43 bits per heavy atom. The third kappa shape index (κ3) is 5.26. The van der Waals surface area contributed by atoms with Crippen molar-refractivity contribution in [3.8, 4) is 0 Å². The molecule has 1 aromatic carbocycles. The quantitative estimate of drug-likeness (QED) is 0.591. The first-order valence-electron chi connectivity index (χ1n) is 7.20. The molecule has 1 atom stereocenters. The number of carbonyl (C=O) groups excluding carboxylic acids is 1. The van der Waals surface area contributed by atoms with Crippen molar-refractivity contribution in [3.63, 3.8) is 0 Å². The van der Waals surface area contributed by atoms with Gasteiger partial charge in [0.05, 0.1) is 0 Å². The van der Waals surface area contributed by atoms with Gasteiger partial charge in [-0.2, -0.15) is 9.97 Å². The first-order valence-corrected chi connectivity index (χ1v) is 8.00. The lowest BCUT2D eigenvalue weighted by atomic mass is 10.1. The van der Waals surface area contributed by atoms with Crippen LogP contribution in [-0.4, -0.2) is 26.9 Å². The zero-order valence-electron chi connectivity index (χ0n) is 13.0. The molecule has 1 amide bonds. The zero-order chi connectivity index (χ0) is 16.8. The van der Waals surface area contributed by atoms with Crippen LogP contribution in [0.5, 0.6) is 0 Å². The Morgan fingerprint density at radius 2 is 2.22 bits per heavy atom. The molecule has 0 spiro atoms. The predicted molar refractivity (Wildman–Crippen MR) is 92.7 cm³/mol. The number of anilines is 2. The Kier molecular flexibility index (Phi) is 6.00. The van der Waals surface area contributed by atoms with E-state index in [0.717, 1.165) is 17.3 Å². The molecule has 0 saturated carbocycles. The number of carbonyl (C=O) groups is 1. The van der Waals surface area contributed by atoms with Gasteiger partial charge < -0.3 is 0 Å². The van der Waals surface area contributed by atoms with Crippen molar-refractivity contribution in [1.29, 1.82) is 0 Å². The number of nitrogens with one attached hydrogen (secondary N) is 1. The van der Waals surface area contributed by atoms with Crippen LogP contribution in [-0.2, 0) is 11.2 Å². The standard InChI is InChI=1S/C15H19BrN6O/c1-10(6-7-12-4-3-5-13(16)8-12)22(17)15-19-9-18-14(21-15)20-11(2)23/h3-5,8-10H,6-7,17H2,1-2H3,(H,18,19,20,21,23). The number of benzene rings is 1. The minimum atomic E-state index is -0.242. The van der Waals surface area contributed by atoms with E-state index in [1.165, 1.54) is 23.8 Å². The summed E-state index contributed by atoms with van der Waals surface area (Å²) in [4.78, 5) is 23.1. The van der Waals surface area contributed by atoms with Crippen molar-refractivity contribution in [1.82, 2.24) is 15.0 Å². The molecular formula is C15H19BrN6O. The van der Waals surface area contributed by atoms with Gasteiger partial charge in [0.25, 0.3) is 0 Å². The van der Waals surface area contributed by atoms with Crippen molar-refractivity contribution >= 4 is 33.7 Å². The molecule has 0 aliphatic carbocycles. The third-order valence-electron chi connectivity index (χ3n) is 3.29. The number of amides is 1. The van der Waals surface area contributed by atoms with E-state index in [2.05, 4.69) is 48.3 Å². The van der Waals surface area contributed by atoms with E-state index in [1.54, 1.807) is 0 Å². The van der Waals surface area contributed by atoms with Crippen LogP contribution in [0.2, 0.25) is 0 Å². The van der Waals surface area contributed by atoms with Crippen molar-refractivity contribution < 1.29 is 4.79 Å². The normalized spacial score (nSPS) is 11.8. The molecule has 2 aromatic rings. The van der Waals surface area contributed by atoms with Gasteiger partial charge in [-0.15, -0.1) is 0 Å². The number of rotatable bonds is 6. The van der Waals surface area contributed by atoms with Crippen LogP contribution >= 0.6 is 15.9 Å². The molecule has 1 heterocycles. The van der Waals surface area contributed by atoms with Crippen LogP contribution < -0.4 is 16.2 Å². The smallest absolute Gasteiger partial charge is 0.244 e. The van der Waals surface area contributed by atoms with Crippen molar-refractivity contribution in [2.45, 2.75) is 32.7 Å². The monoisotopic (exact) mass is 378 g/mol.